The average molecular weight is 576 g/mol. The summed E-state index contributed by atoms with van der Waals surface area (Å²) in [6.07, 6.45) is 2.26. The zero-order chi connectivity index (χ0) is 29.1. The quantitative estimate of drug-likeness (QED) is 0.367. The van der Waals surface area contributed by atoms with Crippen LogP contribution in [0.15, 0.2) is 54.7 Å². The molecule has 2 aliphatic heterocycles. The molecule has 1 N–H and O–H groups in total. The lowest BCUT2D eigenvalue weighted by Gasteiger charge is -2.31. The molecule has 42 heavy (non-hydrogen) atoms. The van der Waals surface area contributed by atoms with Crippen LogP contribution in [0.25, 0.3) is 22.4 Å². The number of hydrogen-bond donors (Lipinski definition) is 1. The molecule has 2 aliphatic rings. The molecular weight excluding hydrogens is 545 g/mol. The van der Waals surface area contributed by atoms with E-state index in [9.17, 15) is 14.0 Å². The van der Waals surface area contributed by atoms with Gasteiger partial charge in [0, 0.05) is 37.4 Å². The van der Waals surface area contributed by atoms with Gasteiger partial charge in [-0.3, -0.25) is 5.32 Å². The third kappa shape index (κ3) is 5.81. The number of nitrogens with zero attached hydrogens (tertiary/aromatic N) is 6. The van der Waals surface area contributed by atoms with Crippen LogP contribution < -0.4 is 15.0 Å². The van der Waals surface area contributed by atoms with Gasteiger partial charge in [0.15, 0.2) is 11.5 Å². The van der Waals surface area contributed by atoms with Crippen LogP contribution in [-0.2, 0) is 9.47 Å². The molecule has 2 fully saturated rings. The maximum atomic E-state index is 13.1. The molecule has 2 aromatic carbocycles. The second kappa shape index (κ2) is 12.0. The molecule has 0 unspecified atom stereocenters. The van der Waals surface area contributed by atoms with E-state index >= 15 is 0 Å². The number of anilines is 2. The Morgan fingerprint density at radius 2 is 1.69 bits per heavy atom. The van der Waals surface area contributed by atoms with Crippen LogP contribution in [0.3, 0.4) is 0 Å². The second-order valence-corrected chi connectivity index (χ2v) is 10.0. The van der Waals surface area contributed by atoms with Gasteiger partial charge >= 0.3 is 12.2 Å². The van der Waals surface area contributed by atoms with Crippen LogP contribution in [-0.4, -0.2) is 83.3 Å². The summed E-state index contributed by atoms with van der Waals surface area (Å²) in [7, 11) is 1.39. The molecule has 0 saturated carbocycles. The van der Waals surface area contributed by atoms with Crippen molar-refractivity contribution in [2.45, 2.75) is 18.9 Å². The van der Waals surface area contributed by atoms with Crippen molar-refractivity contribution >= 4 is 34.7 Å². The summed E-state index contributed by atoms with van der Waals surface area (Å²) < 4.78 is 30.7. The number of nitrogens with one attached hydrogen (secondary N) is 1. The van der Waals surface area contributed by atoms with Gasteiger partial charge in [0.2, 0.25) is 0 Å². The minimum atomic E-state index is -0.691. The number of ether oxygens (including phenoxy) is 3. The lowest BCUT2D eigenvalue weighted by molar-refractivity contribution is 0.106. The molecule has 2 saturated heterocycles. The van der Waals surface area contributed by atoms with Crippen molar-refractivity contribution in [1.29, 1.82) is 0 Å². The highest BCUT2D eigenvalue weighted by Gasteiger charge is 2.28. The van der Waals surface area contributed by atoms with Crippen molar-refractivity contribution in [1.82, 2.24) is 24.6 Å². The topological polar surface area (TPSA) is 124 Å². The standard InChI is InChI=1S/C29H30FN7O5/c1-40-29(39)36-12-10-22(11-13-36)37-27-24(18-31-37)26(35-14-16-41-17-15-35)33-25(34-27)19-2-6-21(7-3-19)32-28(38)42-23-8-4-20(30)5-9-23/h2-9,18,22H,10-17H2,1H3,(H,32,38). The molecule has 0 atom stereocenters. The molecule has 0 spiro atoms. The predicted octanol–water partition coefficient (Wildman–Crippen LogP) is 4.48. The van der Waals surface area contributed by atoms with Crippen molar-refractivity contribution in [3.05, 3.63) is 60.5 Å². The molecular formula is C29H30FN7O5. The summed E-state index contributed by atoms with van der Waals surface area (Å²) in [5.74, 6) is 1.14. The first-order chi connectivity index (χ1) is 20.5. The fourth-order valence-electron chi connectivity index (χ4n) is 5.20. The van der Waals surface area contributed by atoms with E-state index in [0.717, 1.165) is 35.3 Å². The summed E-state index contributed by atoms with van der Waals surface area (Å²) in [6, 6.07) is 12.4. The molecule has 0 bridgehead atoms. The Morgan fingerprint density at radius 3 is 2.38 bits per heavy atom. The Morgan fingerprint density at radius 1 is 0.976 bits per heavy atom. The molecule has 218 valence electrons. The molecule has 6 rings (SSSR count). The van der Waals surface area contributed by atoms with Crippen LogP contribution in [0, 0.1) is 5.82 Å². The minimum absolute atomic E-state index is 0.0717. The monoisotopic (exact) mass is 575 g/mol. The van der Waals surface area contributed by atoms with Gasteiger partial charge in [-0.05, 0) is 61.4 Å². The number of methoxy groups -OCH3 is 1. The SMILES string of the molecule is COC(=O)N1CCC(n2ncc3c(N4CCOCC4)nc(-c4ccc(NC(=O)Oc5ccc(F)cc5)cc4)nc32)CC1. The number of carbonyl (C=O) groups excluding carboxylic acids is 2. The third-order valence-electron chi connectivity index (χ3n) is 7.40. The van der Waals surface area contributed by atoms with Crippen molar-refractivity contribution < 1.29 is 28.2 Å². The van der Waals surface area contributed by atoms with E-state index < -0.39 is 11.9 Å². The smallest absolute Gasteiger partial charge is 0.417 e. The van der Waals surface area contributed by atoms with Gasteiger partial charge in [-0.25, -0.2) is 28.6 Å². The molecule has 0 aliphatic carbocycles. The zero-order valence-electron chi connectivity index (χ0n) is 23.0. The largest absolute Gasteiger partial charge is 0.453 e. The van der Waals surface area contributed by atoms with Crippen molar-refractivity contribution in [3.63, 3.8) is 0 Å². The number of halogens is 1. The minimum Gasteiger partial charge on any atom is -0.453 e. The van der Waals surface area contributed by atoms with E-state index in [4.69, 9.17) is 29.3 Å². The maximum Gasteiger partial charge on any atom is 0.417 e. The van der Waals surface area contributed by atoms with Gasteiger partial charge in [-0.2, -0.15) is 5.10 Å². The molecule has 13 heteroatoms. The number of morpholine rings is 1. The van der Waals surface area contributed by atoms with Gasteiger partial charge in [0.25, 0.3) is 0 Å². The molecule has 2 aromatic heterocycles. The zero-order valence-corrected chi connectivity index (χ0v) is 23.0. The van der Waals surface area contributed by atoms with Crippen molar-refractivity contribution in [3.8, 4) is 17.1 Å². The van der Waals surface area contributed by atoms with Gasteiger partial charge in [-0.1, -0.05) is 0 Å². The number of likely N-dealkylation sites (tertiary alicyclic amines) is 1. The lowest BCUT2D eigenvalue weighted by atomic mass is 10.1. The van der Waals surface area contributed by atoms with E-state index in [1.807, 2.05) is 23.0 Å². The first kappa shape index (κ1) is 27.4. The predicted molar refractivity (Wildman–Crippen MR) is 152 cm³/mol. The number of amides is 2. The van der Waals surface area contributed by atoms with Crippen LogP contribution in [0.2, 0.25) is 0 Å². The Balaban J connectivity index is 1.26. The van der Waals surface area contributed by atoms with Crippen molar-refractivity contribution in [2.24, 2.45) is 0 Å². The number of hydrogen-bond acceptors (Lipinski definition) is 9. The number of benzene rings is 2. The number of carbonyl (C=O) groups is 2. The van der Waals surface area contributed by atoms with Crippen LogP contribution >= 0.6 is 0 Å². The summed E-state index contributed by atoms with van der Waals surface area (Å²) in [5, 5.41) is 8.26. The number of piperidine rings is 1. The van der Waals surface area contributed by atoms with Gasteiger partial charge < -0.3 is 24.0 Å². The number of rotatable bonds is 5. The van der Waals surface area contributed by atoms with Crippen LogP contribution in [0.5, 0.6) is 5.75 Å². The molecule has 12 nitrogen and oxygen atoms in total. The second-order valence-electron chi connectivity index (χ2n) is 10.0. The van der Waals surface area contributed by atoms with E-state index in [0.29, 0.717) is 50.9 Å². The normalized spacial score (nSPS) is 16.0. The van der Waals surface area contributed by atoms with Crippen molar-refractivity contribution in [2.75, 3.05) is 56.7 Å². The average Bonchev–Trinajstić information content (AvgIpc) is 3.46. The Bertz CT molecular complexity index is 1560. The first-order valence-corrected chi connectivity index (χ1v) is 13.7. The number of fused-ring (bicyclic) bond motifs is 1. The van der Waals surface area contributed by atoms with Gasteiger partial charge in [0.1, 0.15) is 17.4 Å². The molecule has 2 amide bonds. The fraction of sp³-hybridized carbons (Fsp3) is 0.345. The molecule has 0 radical (unpaired) electrons. The van der Waals surface area contributed by atoms with E-state index in [1.54, 1.807) is 17.0 Å². The number of aromatic nitrogens is 4. The van der Waals surface area contributed by atoms with E-state index in [1.165, 1.54) is 31.4 Å². The van der Waals surface area contributed by atoms with Gasteiger partial charge in [-0.15, -0.1) is 0 Å². The van der Waals surface area contributed by atoms with Crippen LogP contribution in [0.4, 0.5) is 25.5 Å². The highest BCUT2D eigenvalue weighted by molar-refractivity contribution is 5.89. The Hall–Kier alpha value is -4.78. The highest BCUT2D eigenvalue weighted by atomic mass is 19.1. The van der Waals surface area contributed by atoms with E-state index in [-0.39, 0.29) is 17.9 Å². The lowest BCUT2D eigenvalue weighted by Crippen LogP contribution is -2.39. The van der Waals surface area contributed by atoms with E-state index in [2.05, 4.69) is 10.2 Å². The van der Waals surface area contributed by atoms with Gasteiger partial charge in [0.05, 0.1) is 37.9 Å². The molecule has 4 aromatic rings. The summed E-state index contributed by atoms with van der Waals surface area (Å²) in [4.78, 5) is 38.1. The maximum absolute atomic E-state index is 13.1. The molecule has 4 heterocycles. The summed E-state index contributed by atoms with van der Waals surface area (Å²) in [5.41, 5.74) is 2.00. The Kier molecular flexibility index (Phi) is 7.82. The Labute approximate surface area is 241 Å². The highest BCUT2D eigenvalue weighted by Crippen LogP contribution is 2.32. The third-order valence-corrected chi connectivity index (χ3v) is 7.40. The summed E-state index contributed by atoms with van der Waals surface area (Å²) in [6.45, 7) is 3.77. The van der Waals surface area contributed by atoms with Crippen LogP contribution in [0.1, 0.15) is 18.9 Å². The fourth-order valence-corrected chi connectivity index (χ4v) is 5.20. The summed E-state index contributed by atoms with van der Waals surface area (Å²) >= 11 is 0. The first-order valence-electron chi connectivity index (χ1n) is 13.7.